The van der Waals surface area contributed by atoms with Gasteiger partial charge in [-0.05, 0) is 40.1 Å². The Hall–Kier alpha value is -1.10. The van der Waals surface area contributed by atoms with Gasteiger partial charge in [-0.1, -0.05) is 37.1 Å². The summed E-state index contributed by atoms with van der Waals surface area (Å²) in [5.41, 5.74) is 2.66. The molecule has 0 saturated carbocycles. The van der Waals surface area contributed by atoms with E-state index in [0.29, 0.717) is 12.1 Å². The fraction of sp³-hybridized carbons (Fsp3) is 0.625. The second kappa shape index (κ2) is 17.9. The number of aliphatic hydroxyl groups excluding tert-OH is 2. The van der Waals surface area contributed by atoms with Crippen LogP contribution in [0.25, 0.3) is 0 Å². The van der Waals surface area contributed by atoms with E-state index in [2.05, 4.69) is 49.6 Å². The molecule has 2 unspecified atom stereocenters. The molecule has 2 atom stereocenters. The van der Waals surface area contributed by atoms with E-state index in [1.165, 1.54) is 11.1 Å². The second-order valence-corrected chi connectivity index (χ2v) is 3.99. The summed E-state index contributed by atoms with van der Waals surface area (Å²) in [6.07, 6.45) is 8.61. The van der Waals surface area contributed by atoms with Crippen molar-refractivity contribution in [3.63, 3.8) is 0 Å². The van der Waals surface area contributed by atoms with Gasteiger partial charge in [-0.3, -0.25) is 0 Å². The monoisotopic (exact) mass is 286 g/mol. The number of aliphatic hydroxyl groups is 2. The van der Waals surface area contributed by atoms with Gasteiger partial charge < -0.3 is 20.8 Å². The Balaban J connectivity index is -0.000000425. The van der Waals surface area contributed by atoms with Crippen LogP contribution in [-0.2, 0) is 0 Å². The van der Waals surface area contributed by atoms with Gasteiger partial charge >= 0.3 is 0 Å². The summed E-state index contributed by atoms with van der Waals surface area (Å²) in [7, 11) is 3.99. The third-order valence-corrected chi connectivity index (χ3v) is 2.31. The molecular formula is C16H34N2O2. The zero-order chi connectivity index (χ0) is 16.6. The molecule has 1 aliphatic rings. The maximum absolute atomic E-state index is 7.00. The highest BCUT2D eigenvalue weighted by atomic mass is 16.2. The highest BCUT2D eigenvalue weighted by Gasteiger charge is 2.15. The number of dihydropyridines is 1. The molecule has 0 aromatic carbocycles. The Morgan fingerprint density at radius 2 is 1.75 bits per heavy atom. The summed E-state index contributed by atoms with van der Waals surface area (Å²) in [5.74, 6) is 0. The van der Waals surface area contributed by atoms with E-state index in [1.807, 2.05) is 27.1 Å². The number of likely N-dealkylation sites (N-methyl/N-ethyl adjacent to an activating group) is 1. The van der Waals surface area contributed by atoms with Gasteiger partial charge in [0.25, 0.3) is 0 Å². The molecule has 0 aromatic rings. The number of nitrogens with one attached hydrogen (secondary N) is 2. The average molecular weight is 286 g/mol. The molecule has 0 saturated heterocycles. The molecule has 0 radical (unpaired) electrons. The minimum Gasteiger partial charge on any atom is -0.400 e. The molecule has 0 bridgehead atoms. The van der Waals surface area contributed by atoms with Crippen LogP contribution in [0.4, 0.5) is 0 Å². The molecular weight excluding hydrogens is 252 g/mol. The average Bonchev–Trinajstić information content (AvgIpc) is 2.50. The van der Waals surface area contributed by atoms with Crippen molar-refractivity contribution in [2.45, 2.75) is 46.7 Å². The van der Waals surface area contributed by atoms with Crippen LogP contribution >= 0.6 is 0 Å². The standard InChI is InChI=1S/C12H20N2.C2H6.2CH4O/c1-9(2)7-11(13-4)12-8-10(3)5-6-14-12;3*1-2/h5-8,11-14H,1-4H3;1-2H3;2*2H,1H3. The van der Waals surface area contributed by atoms with E-state index in [-0.39, 0.29) is 0 Å². The van der Waals surface area contributed by atoms with Crippen molar-refractivity contribution in [1.82, 2.24) is 10.6 Å². The Labute approximate surface area is 125 Å². The van der Waals surface area contributed by atoms with Gasteiger partial charge in [0.05, 0.1) is 6.04 Å². The normalized spacial score (nSPS) is 16.5. The van der Waals surface area contributed by atoms with Crippen molar-refractivity contribution in [2.75, 3.05) is 21.3 Å². The minimum absolute atomic E-state index is 0.361. The molecule has 4 nitrogen and oxygen atoms in total. The van der Waals surface area contributed by atoms with E-state index in [4.69, 9.17) is 10.2 Å². The topological polar surface area (TPSA) is 64.5 Å². The molecule has 4 heteroatoms. The Morgan fingerprint density at radius 1 is 1.25 bits per heavy atom. The van der Waals surface area contributed by atoms with Gasteiger partial charge in [-0.15, -0.1) is 0 Å². The Bertz CT molecular complexity index is 280. The van der Waals surface area contributed by atoms with Crippen molar-refractivity contribution in [3.05, 3.63) is 35.6 Å². The lowest BCUT2D eigenvalue weighted by molar-refractivity contribution is 0.399. The fourth-order valence-corrected chi connectivity index (χ4v) is 1.61. The Morgan fingerprint density at radius 3 is 2.10 bits per heavy atom. The van der Waals surface area contributed by atoms with Crippen LogP contribution in [0.2, 0.25) is 0 Å². The van der Waals surface area contributed by atoms with E-state index in [0.717, 1.165) is 14.2 Å². The van der Waals surface area contributed by atoms with Crippen LogP contribution < -0.4 is 10.6 Å². The van der Waals surface area contributed by atoms with Crippen LogP contribution in [0, 0.1) is 0 Å². The molecule has 20 heavy (non-hydrogen) atoms. The van der Waals surface area contributed by atoms with Gasteiger partial charge in [0, 0.05) is 20.3 Å². The number of hydrogen-bond donors (Lipinski definition) is 4. The Kier molecular flexibility index (Phi) is 21.4. The van der Waals surface area contributed by atoms with Gasteiger partial charge in [-0.25, -0.2) is 0 Å². The van der Waals surface area contributed by atoms with Gasteiger partial charge in [0.2, 0.25) is 0 Å². The third kappa shape index (κ3) is 12.0. The summed E-state index contributed by atoms with van der Waals surface area (Å²) >= 11 is 0. The van der Waals surface area contributed by atoms with Crippen molar-refractivity contribution >= 4 is 0 Å². The van der Waals surface area contributed by atoms with Crippen molar-refractivity contribution in [1.29, 1.82) is 0 Å². The summed E-state index contributed by atoms with van der Waals surface area (Å²) in [6, 6.07) is 0.722. The smallest absolute Gasteiger partial charge is 0.0633 e. The molecule has 1 aliphatic heterocycles. The zero-order valence-corrected chi connectivity index (χ0v) is 14.4. The van der Waals surface area contributed by atoms with E-state index >= 15 is 0 Å². The predicted octanol–water partition coefficient (Wildman–Crippen LogP) is 2.22. The van der Waals surface area contributed by atoms with Crippen LogP contribution in [0.5, 0.6) is 0 Å². The number of rotatable bonds is 3. The maximum Gasteiger partial charge on any atom is 0.0633 e. The largest absolute Gasteiger partial charge is 0.400 e. The molecule has 0 aliphatic carbocycles. The summed E-state index contributed by atoms with van der Waals surface area (Å²) in [6.45, 7) is 10.4. The lowest BCUT2D eigenvalue weighted by Gasteiger charge is -2.25. The van der Waals surface area contributed by atoms with Crippen LogP contribution in [0.3, 0.4) is 0 Å². The number of allylic oxidation sites excluding steroid dienone is 3. The molecule has 1 rings (SSSR count). The predicted molar refractivity (Wildman–Crippen MR) is 89.7 cm³/mol. The molecule has 0 amide bonds. The van der Waals surface area contributed by atoms with Crippen LogP contribution in [0.15, 0.2) is 35.6 Å². The maximum atomic E-state index is 7.00. The first-order valence-electron chi connectivity index (χ1n) is 6.96. The minimum atomic E-state index is 0.361. The lowest BCUT2D eigenvalue weighted by Crippen LogP contribution is -2.43. The van der Waals surface area contributed by atoms with Crippen LogP contribution in [0.1, 0.15) is 34.6 Å². The number of hydrogen-bond acceptors (Lipinski definition) is 4. The highest BCUT2D eigenvalue weighted by Crippen LogP contribution is 2.09. The summed E-state index contributed by atoms with van der Waals surface area (Å²) < 4.78 is 0. The SMILES string of the molecule is CC.CNC(C=C(C)C)C1C=C(C)C=CN1.CO.CO. The van der Waals surface area contributed by atoms with Crippen molar-refractivity contribution in [3.8, 4) is 0 Å². The van der Waals surface area contributed by atoms with Crippen LogP contribution in [-0.4, -0.2) is 43.6 Å². The van der Waals surface area contributed by atoms with E-state index in [9.17, 15) is 0 Å². The van der Waals surface area contributed by atoms with Gasteiger partial charge in [0.15, 0.2) is 0 Å². The van der Waals surface area contributed by atoms with E-state index in [1.54, 1.807) is 0 Å². The van der Waals surface area contributed by atoms with Gasteiger partial charge in [-0.2, -0.15) is 0 Å². The first kappa shape index (κ1) is 24.0. The molecule has 1 heterocycles. The van der Waals surface area contributed by atoms with E-state index < -0.39 is 0 Å². The lowest BCUT2D eigenvalue weighted by atomic mass is 10.0. The fourth-order valence-electron chi connectivity index (χ4n) is 1.61. The van der Waals surface area contributed by atoms with Gasteiger partial charge in [0.1, 0.15) is 0 Å². The van der Waals surface area contributed by atoms with Crippen molar-refractivity contribution in [2.24, 2.45) is 0 Å². The van der Waals surface area contributed by atoms with Crippen molar-refractivity contribution < 1.29 is 10.2 Å². The first-order valence-corrected chi connectivity index (χ1v) is 6.96. The molecule has 0 aromatic heterocycles. The molecule has 120 valence electrons. The quantitative estimate of drug-likeness (QED) is 0.601. The second-order valence-electron chi connectivity index (χ2n) is 3.99. The molecule has 4 N–H and O–H groups in total. The highest BCUT2D eigenvalue weighted by molar-refractivity contribution is 5.25. The molecule has 0 fully saturated rings. The third-order valence-electron chi connectivity index (χ3n) is 2.31. The summed E-state index contributed by atoms with van der Waals surface area (Å²) in [5, 5.41) is 20.6. The first-order chi connectivity index (χ1) is 9.63. The molecule has 0 spiro atoms. The summed E-state index contributed by atoms with van der Waals surface area (Å²) in [4.78, 5) is 0. The zero-order valence-electron chi connectivity index (χ0n) is 14.4.